The molecular weight excluding hydrogens is 1000 g/mol. The monoisotopic (exact) mass is 1060 g/mol. The second-order valence-corrected chi connectivity index (χ2v) is 17.9. The van der Waals surface area contributed by atoms with Gasteiger partial charge in [0.15, 0.2) is 0 Å². The van der Waals surface area contributed by atoms with E-state index < -0.39 is 55.5 Å². The summed E-state index contributed by atoms with van der Waals surface area (Å²) in [6.07, 6.45) is 8.75. The Morgan fingerprint density at radius 2 is 1.24 bits per heavy atom. The summed E-state index contributed by atoms with van der Waals surface area (Å²) in [5.41, 5.74) is 6.32. The molecule has 22 nitrogen and oxygen atoms in total. The summed E-state index contributed by atoms with van der Waals surface area (Å²) in [5.74, 6) is -1.69. The first-order valence-electron chi connectivity index (χ1n) is 20.5. The Labute approximate surface area is 404 Å². The molecule has 0 spiro atoms. The number of hydrogen-bond acceptors (Lipinski definition) is 19. The molecule has 0 aliphatic rings. The van der Waals surface area contributed by atoms with Crippen molar-refractivity contribution in [3.05, 3.63) is 128 Å². The fourth-order valence-corrected chi connectivity index (χ4v) is 7.83. The Bertz CT molecular complexity index is 2160. The van der Waals surface area contributed by atoms with E-state index >= 15 is 0 Å². The van der Waals surface area contributed by atoms with Crippen LogP contribution in [0, 0.1) is 20.2 Å². The minimum Gasteiger partial charge on any atom is -0.508 e. The van der Waals surface area contributed by atoms with Gasteiger partial charge in [0, 0.05) is 35.8 Å². The van der Waals surface area contributed by atoms with Crippen molar-refractivity contribution in [2.45, 2.75) is 41.1 Å². The molecule has 26 heteroatoms. The molecule has 0 saturated carbocycles. The van der Waals surface area contributed by atoms with E-state index in [1.54, 1.807) is 71.0 Å². The van der Waals surface area contributed by atoms with Gasteiger partial charge in [-0.3, -0.25) is 29.4 Å². The molecule has 0 saturated heterocycles. The third-order valence-electron chi connectivity index (χ3n) is 7.57. The van der Waals surface area contributed by atoms with Crippen LogP contribution in [0.15, 0.2) is 91.6 Å². The number of carboxylic acids is 1. The Morgan fingerprint density at radius 3 is 1.65 bits per heavy atom. The predicted octanol–water partition coefficient (Wildman–Crippen LogP) is 8.82. The van der Waals surface area contributed by atoms with E-state index in [1.165, 1.54) is 19.2 Å². The summed E-state index contributed by atoms with van der Waals surface area (Å²) >= 11 is 3.13. The van der Waals surface area contributed by atoms with Crippen LogP contribution in [0.2, 0.25) is 6.82 Å². The fourth-order valence-electron chi connectivity index (χ4n) is 4.87. The van der Waals surface area contributed by atoms with Crippen LogP contribution in [0.4, 0.5) is 17.1 Å². The number of allylic oxidation sites excluding steroid dienone is 3. The molecule has 0 heterocycles. The number of carbonyl (C=O) groups excluding carboxylic acids is 1. The number of esters is 1. The number of anilines is 1. The maximum Gasteiger partial charge on any atom is 0.373 e. The normalized spacial score (nSPS) is 10.9. The Kier molecular flexibility index (Phi) is 32.0. The van der Waals surface area contributed by atoms with Crippen molar-refractivity contribution < 1.29 is 76.1 Å². The molecule has 0 amide bonds. The van der Waals surface area contributed by atoms with Crippen molar-refractivity contribution in [1.29, 1.82) is 0 Å². The zero-order valence-electron chi connectivity index (χ0n) is 38.6. The van der Waals surface area contributed by atoms with E-state index in [2.05, 4.69) is 32.5 Å². The molecule has 0 radical (unpaired) electrons. The lowest BCUT2D eigenvalue weighted by molar-refractivity contribution is -0.385. The van der Waals surface area contributed by atoms with Gasteiger partial charge in [0.1, 0.15) is 30.5 Å². The predicted molar refractivity (Wildman–Crippen MR) is 262 cm³/mol. The number of methoxy groups -OCH3 is 1. The number of aromatic carboxylic acids is 1. The van der Waals surface area contributed by atoms with E-state index in [1.807, 2.05) is 12.1 Å². The Balaban J connectivity index is 0.000000994. The summed E-state index contributed by atoms with van der Waals surface area (Å²) in [6, 6.07) is 11.7. The van der Waals surface area contributed by atoms with Gasteiger partial charge in [0.05, 0.1) is 79.0 Å². The first-order valence-corrected chi connectivity index (χ1v) is 25.1. The minimum atomic E-state index is -3.17. The number of phenolic OH excluding ortho intramolecular Hbond substituents is 1. The summed E-state index contributed by atoms with van der Waals surface area (Å²) < 4.78 is 60.8. The van der Waals surface area contributed by atoms with E-state index in [4.69, 9.17) is 43.5 Å². The van der Waals surface area contributed by atoms with Gasteiger partial charge in [0.25, 0.3) is 11.4 Å². The van der Waals surface area contributed by atoms with Gasteiger partial charge in [-0.25, -0.2) is 9.59 Å². The highest BCUT2D eigenvalue weighted by Crippen LogP contribution is 2.48. The van der Waals surface area contributed by atoms with Crippen molar-refractivity contribution in [3.8, 4) is 17.2 Å². The summed E-state index contributed by atoms with van der Waals surface area (Å²) in [4.78, 5) is 41.8. The number of nitro groups is 2. The number of nitrogens with one attached hydrogen (secondary N) is 1. The lowest BCUT2D eigenvalue weighted by Crippen LogP contribution is -2.29. The number of carboxylic acid groups (broad SMARTS) is 1. The zero-order chi connectivity index (χ0) is 51.7. The first kappa shape index (κ1) is 62.6. The van der Waals surface area contributed by atoms with Crippen molar-refractivity contribution in [3.63, 3.8) is 0 Å². The molecule has 0 unspecified atom stereocenters. The quantitative estimate of drug-likeness (QED) is 0.00732. The van der Waals surface area contributed by atoms with Gasteiger partial charge in [-0.1, -0.05) is 46.3 Å². The first-order chi connectivity index (χ1) is 32.1. The summed E-state index contributed by atoms with van der Waals surface area (Å²) in [5, 5.41) is 51.7. The number of rotatable bonds is 26. The standard InChI is InChI=1S/C16H28BN2O5P.C16H22NO8P.C7H5NO5.C3H5Br/c1-4-23-25(21,24-5-2)9-7-6-8-22-16-11-14(10-15(18)12-16)13-19-17(3)20;1-4-24-26(21,25-5-2)9-7-6-8-23-15-11-13(16(18)22-3)10-14(12-15)17(19)20;9-6-2-4(7(10)11)1-5(3-6)8(12)13;1-2-3-4/h6-7,10-12,19-20H,4-5,8-9,13,18H2,1-3H3;6-7,10-12H,4-5,8-9H2,1-3H3;1-3,9H,(H,10,11);2H,1,3H2/b2*7-6+;;. The number of carbonyl (C=O) groups is 2. The number of non-ortho nitro benzene ring substituents is 2. The van der Waals surface area contributed by atoms with Gasteiger partial charge < -0.3 is 58.5 Å². The number of nitrogens with zero attached hydrogens (tertiary/aromatic N) is 2. The van der Waals surface area contributed by atoms with Gasteiger partial charge in [-0.05, 0) is 64.3 Å². The van der Waals surface area contributed by atoms with Crippen LogP contribution in [0.1, 0.15) is 54.0 Å². The average molecular weight is 1060 g/mol. The summed E-state index contributed by atoms with van der Waals surface area (Å²) in [6.45, 7) is 14.2. The number of benzene rings is 3. The molecule has 3 aromatic carbocycles. The van der Waals surface area contributed by atoms with Crippen molar-refractivity contribution in [2.75, 3.05) is 70.1 Å². The lowest BCUT2D eigenvalue weighted by Gasteiger charge is -2.14. The number of hydrogen-bond donors (Lipinski definition) is 5. The molecule has 0 aliphatic carbocycles. The van der Waals surface area contributed by atoms with E-state index in [-0.39, 0.29) is 54.7 Å². The number of alkyl halides is 1. The van der Waals surface area contributed by atoms with Crippen LogP contribution >= 0.6 is 31.1 Å². The van der Waals surface area contributed by atoms with E-state index in [0.717, 1.165) is 35.2 Å². The highest BCUT2D eigenvalue weighted by atomic mass is 79.9. The zero-order valence-corrected chi connectivity index (χ0v) is 42.0. The second kappa shape index (κ2) is 34.8. The third kappa shape index (κ3) is 27.4. The topological polar surface area (TPSA) is 318 Å². The van der Waals surface area contributed by atoms with Crippen LogP contribution in [-0.4, -0.2) is 108 Å². The molecule has 68 heavy (non-hydrogen) atoms. The number of nitrogen functional groups attached to an aromatic ring is 1. The molecule has 0 fully saturated rings. The molecule has 3 rings (SSSR count). The van der Waals surface area contributed by atoms with E-state index in [9.17, 15) is 44.0 Å². The van der Waals surface area contributed by atoms with E-state index in [0.29, 0.717) is 37.8 Å². The molecule has 0 atom stereocenters. The van der Waals surface area contributed by atoms with Gasteiger partial charge in [0.2, 0.25) is 0 Å². The van der Waals surface area contributed by atoms with Crippen molar-refractivity contribution >= 4 is 67.2 Å². The van der Waals surface area contributed by atoms with Crippen LogP contribution in [0.25, 0.3) is 0 Å². The molecule has 0 bridgehead atoms. The van der Waals surface area contributed by atoms with Crippen LogP contribution in [0.3, 0.4) is 0 Å². The SMILES string of the molecule is C=CCBr.CCOP(=O)(C/C=C/COc1cc(C(=O)OC)cc([N+](=O)[O-])c1)OCC.CCOP(=O)(C/C=C/COc1cc(N)cc(CNB(C)O)c1)OCC.O=C(O)c1cc(O)cc([N+](=O)[O-])c1. The Morgan fingerprint density at radius 1 is 0.779 bits per heavy atom. The second-order valence-electron chi connectivity index (χ2n) is 13.0. The van der Waals surface area contributed by atoms with Crippen molar-refractivity contribution in [2.24, 2.45) is 0 Å². The smallest absolute Gasteiger partial charge is 0.373 e. The summed E-state index contributed by atoms with van der Waals surface area (Å²) in [7, 11) is -5.65. The highest BCUT2D eigenvalue weighted by molar-refractivity contribution is 9.09. The number of ether oxygens (including phenoxy) is 3. The molecule has 0 aliphatic heterocycles. The Hall–Kier alpha value is -5.42. The van der Waals surface area contributed by atoms with Crippen LogP contribution < -0.4 is 20.4 Å². The number of phenols is 1. The molecule has 0 aromatic heterocycles. The van der Waals surface area contributed by atoms with Crippen LogP contribution in [-0.2, 0) is 38.5 Å². The molecule has 6 N–H and O–H groups in total. The van der Waals surface area contributed by atoms with Gasteiger partial charge in [-0.15, -0.1) is 6.58 Å². The van der Waals surface area contributed by atoms with Crippen molar-refractivity contribution in [1.82, 2.24) is 5.23 Å². The maximum absolute atomic E-state index is 12.3. The van der Waals surface area contributed by atoms with Gasteiger partial charge in [-0.2, -0.15) is 0 Å². The van der Waals surface area contributed by atoms with Gasteiger partial charge >= 0.3 is 34.2 Å². The number of nitro benzene ring substituents is 2. The maximum atomic E-state index is 12.3. The average Bonchev–Trinajstić information content (AvgIpc) is 3.28. The molecular formula is C42H60BBrN4O18P2. The highest BCUT2D eigenvalue weighted by Gasteiger charge is 2.22. The largest absolute Gasteiger partial charge is 0.508 e. The number of halogens is 1. The fraction of sp³-hybridized carbons (Fsp3) is 0.381. The third-order valence-corrected chi connectivity index (χ3v) is 12.0. The minimum absolute atomic E-state index is 0.0119. The number of nitrogens with two attached hydrogens (primary N) is 1. The number of aromatic hydroxyl groups is 1. The molecule has 3 aromatic rings. The lowest BCUT2D eigenvalue weighted by atomic mass is 9.88. The molecule has 376 valence electrons. The van der Waals surface area contributed by atoms with Crippen LogP contribution in [0.5, 0.6) is 17.2 Å².